The molecular weight excluding hydrogens is 258 g/mol. The molecule has 0 fully saturated rings. The summed E-state index contributed by atoms with van der Waals surface area (Å²) in [6.07, 6.45) is 0. The van der Waals surface area contributed by atoms with E-state index in [1.807, 2.05) is 0 Å². The standard InChI is InChI=1S/C9H7BrClFO/c1-5-6(8(13)4-10)2-3-7(11)9(5)12/h2-3H,4H2,1H3. The molecule has 0 bridgehead atoms. The van der Waals surface area contributed by atoms with Gasteiger partial charge >= 0.3 is 0 Å². The van der Waals surface area contributed by atoms with E-state index >= 15 is 0 Å². The van der Waals surface area contributed by atoms with Crippen LogP contribution in [0.3, 0.4) is 0 Å². The first-order chi connectivity index (χ1) is 6.07. The molecule has 1 nitrogen and oxygen atoms in total. The molecule has 0 aromatic heterocycles. The highest BCUT2D eigenvalue weighted by Crippen LogP contribution is 2.21. The minimum Gasteiger partial charge on any atom is -0.293 e. The van der Waals surface area contributed by atoms with E-state index in [1.54, 1.807) is 0 Å². The Morgan fingerprint density at radius 1 is 1.62 bits per heavy atom. The second kappa shape index (κ2) is 4.20. The number of rotatable bonds is 2. The van der Waals surface area contributed by atoms with E-state index in [-0.39, 0.29) is 16.1 Å². The summed E-state index contributed by atoms with van der Waals surface area (Å²) >= 11 is 8.56. The molecule has 0 aliphatic rings. The van der Waals surface area contributed by atoms with Crippen LogP contribution in [0.2, 0.25) is 5.02 Å². The zero-order valence-corrected chi connectivity index (χ0v) is 9.25. The van der Waals surface area contributed by atoms with Gasteiger partial charge in [0, 0.05) is 5.56 Å². The van der Waals surface area contributed by atoms with Gasteiger partial charge in [-0.25, -0.2) is 4.39 Å². The summed E-state index contributed by atoms with van der Waals surface area (Å²) in [5.41, 5.74) is 0.677. The van der Waals surface area contributed by atoms with Crippen LogP contribution in [0.25, 0.3) is 0 Å². The molecule has 0 atom stereocenters. The second-order valence-corrected chi connectivity index (χ2v) is 3.56. The number of hydrogen-bond donors (Lipinski definition) is 0. The quantitative estimate of drug-likeness (QED) is 0.592. The van der Waals surface area contributed by atoms with E-state index in [9.17, 15) is 9.18 Å². The number of Topliss-reactive ketones (excluding diaryl/α,β-unsaturated/α-hetero) is 1. The number of carbonyl (C=O) groups excluding carboxylic acids is 1. The van der Waals surface area contributed by atoms with E-state index in [4.69, 9.17) is 11.6 Å². The third kappa shape index (κ3) is 2.09. The summed E-state index contributed by atoms with van der Waals surface area (Å²) in [6.45, 7) is 1.54. The lowest BCUT2D eigenvalue weighted by atomic mass is 10.1. The molecule has 0 saturated heterocycles. The largest absolute Gasteiger partial charge is 0.293 e. The maximum atomic E-state index is 13.2. The topological polar surface area (TPSA) is 17.1 Å². The van der Waals surface area contributed by atoms with Crippen LogP contribution >= 0.6 is 27.5 Å². The highest BCUT2D eigenvalue weighted by Gasteiger charge is 2.12. The monoisotopic (exact) mass is 264 g/mol. The van der Waals surface area contributed by atoms with E-state index in [1.165, 1.54) is 19.1 Å². The molecule has 0 saturated carbocycles. The predicted molar refractivity (Wildman–Crippen MR) is 54.3 cm³/mol. The molecule has 0 aliphatic carbocycles. The molecule has 0 radical (unpaired) electrons. The Balaban J connectivity index is 3.26. The van der Waals surface area contributed by atoms with Gasteiger partial charge in [0.25, 0.3) is 0 Å². The highest BCUT2D eigenvalue weighted by atomic mass is 79.9. The van der Waals surface area contributed by atoms with Crippen LogP contribution in [0.15, 0.2) is 12.1 Å². The third-order valence-corrected chi connectivity index (χ3v) is 2.56. The molecule has 13 heavy (non-hydrogen) atoms. The number of hydrogen-bond acceptors (Lipinski definition) is 1. The highest BCUT2D eigenvalue weighted by molar-refractivity contribution is 9.09. The van der Waals surface area contributed by atoms with Crippen molar-refractivity contribution in [3.05, 3.63) is 34.1 Å². The van der Waals surface area contributed by atoms with Gasteiger partial charge in [0.05, 0.1) is 10.4 Å². The van der Waals surface area contributed by atoms with Crippen molar-refractivity contribution in [1.29, 1.82) is 0 Å². The lowest BCUT2D eigenvalue weighted by molar-refractivity contribution is 0.102. The Morgan fingerprint density at radius 3 is 2.77 bits per heavy atom. The molecule has 1 aromatic carbocycles. The Labute approximate surface area is 89.0 Å². The first kappa shape index (κ1) is 10.7. The van der Waals surface area contributed by atoms with Gasteiger partial charge in [0.15, 0.2) is 5.78 Å². The number of ketones is 1. The van der Waals surface area contributed by atoms with Crippen LogP contribution in [-0.4, -0.2) is 11.1 Å². The maximum Gasteiger partial charge on any atom is 0.173 e. The second-order valence-electron chi connectivity index (χ2n) is 2.59. The lowest BCUT2D eigenvalue weighted by Gasteiger charge is -2.04. The molecule has 4 heteroatoms. The lowest BCUT2D eigenvalue weighted by Crippen LogP contribution is -2.04. The average Bonchev–Trinajstić information content (AvgIpc) is 2.13. The zero-order chi connectivity index (χ0) is 10.0. The van der Waals surface area contributed by atoms with E-state index in [0.29, 0.717) is 11.1 Å². The molecule has 0 spiro atoms. The number of alkyl halides is 1. The average molecular weight is 266 g/mol. The number of carbonyl (C=O) groups is 1. The maximum absolute atomic E-state index is 13.2. The van der Waals surface area contributed by atoms with Crippen molar-refractivity contribution in [3.63, 3.8) is 0 Å². The Kier molecular flexibility index (Phi) is 3.45. The van der Waals surface area contributed by atoms with Gasteiger partial charge < -0.3 is 0 Å². The molecule has 0 N–H and O–H groups in total. The SMILES string of the molecule is Cc1c(C(=O)CBr)ccc(Cl)c1F. The summed E-state index contributed by atoms with van der Waals surface area (Å²) < 4.78 is 13.2. The van der Waals surface area contributed by atoms with Crippen LogP contribution in [0.4, 0.5) is 4.39 Å². The summed E-state index contributed by atoms with van der Waals surface area (Å²) in [6, 6.07) is 2.92. The summed E-state index contributed by atoms with van der Waals surface area (Å²) in [7, 11) is 0. The number of benzene rings is 1. The van der Waals surface area contributed by atoms with Crippen LogP contribution in [0.1, 0.15) is 15.9 Å². The fraction of sp³-hybridized carbons (Fsp3) is 0.222. The van der Waals surface area contributed by atoms with E-state index < -0.39 is 5.82 Å². The summed E-state index contributed by atoms with van der Waals surface area (Å²) in [5, 5.41) is 0.234. The minimum absolute atomic E-state index is 0.0450. The molecule has 0 aliphatic heterocycles. The normalized spacial score (nSPS) is 10.2. The molecule has 0 amide bonds. The van der Waals surface area contributed by atoms with Gasteiger partial charge in [0.1, 0.15) is 5.82 Å². The van der Waals surface area contributed by atoms with Crippen LogP contribution in [-0.2, 0) is 0 Å². The van der Waals surface area contributed by atoms with Gasteiger partial charge in [0.2, 0.25) is 0 Å². The van der Waals surface area contributed by atoms with Gasteiger partial charge in [-0.3, -0.25) is 4.79 Å². The van der Waals surface area contributed by atoms with Crippen LogP contribution in [0, 0.1) is 12.7 Å². The fourth-order valence-electron chi connectivity index (χ4n) is 1.03. The Hall–Kier alpha value is -0.410. The molecule has 1 aromatic rings. The first-order valence-electron chi connectivity index (χ1n) is 3.61. The van der Waals surface area contributed by atoms with Crippen LogP contribution in [0.5, 0.6) is 0 Å². The summed E-state index contributed by atoms with van der Waals surface area (Å²) in [5.74, 6) is -0.665. The molecule has 0 heterocycles. The molecule has 70 valence electrons. The summed E-state index contributed by atoms with van der Waals surface area (Å²) in [4.78, 5) is 11.2. The van der Waals surface area contributed by atoms with E-state index in [2.05, 4.69) is 15.9 Å². The van der Waals surface area contributed by atoms with Crippen molar-refractivity contribution in [1.82, 2.24) is 0 Å². The van der Waals surface area contributed by atoms with Crippen LogP contribution < -0.4 is 0 Å². The predicted octanol–water partition coefficient (Wildman–Crippen LogP) is 3.37. The Bertz CT molecular complexity index is 352. The van der Waals surface area contributed by atoms with Crippen molar-refractivity contribution in [2.75, 3.05) is 5.33 Å². The van der Waals surface area contributed by atoms with E-state index in [0.717, 1.165) is 0 Å². The molecule has 0 unspecified atom stereocenters. The van der Waals surface area contributed by atoms with Crippen molar-refractivity contribution in [3.8, 4) is 0 Å². The van der Waals surface area contributed by atoms with Gasteiger partial charge in [-0.1, -0.05) is 27.5 Å². The van der Waals surface area contributed by atoms with Crippen molar-refractivity contribution >= 4 is 33.3 Å². The molecular formula is C9H7BrClFO. The molecule has 1 rings (SSSR count). The van der Waals surface area contributed by atoms with Crippen molar-refractivity contribution in [2.24, 2.45) is 0 Å². The van der Waals surface area contributed by atoms with Crippen molar-refractivity contribution in [2.45, 2.75) is 6.92 Å². The minimum atomic E-state index is -0.520. The third-order valence-electron chi connectivity index (χ3n) is 1.76. The fourth-order valence-corrected chi connectivity index (χ4v) is 1.53. The van der Waals surface area contributed by atoms with Gasteiger partial charge in [-0.15, -0.1) is 0 Å². The Morgan fingerprint density at radius 2 is 2.23 bits per heavy atom. The smallest absolute Gasteiger partial charge is 0.173 e. The number of halogens is 3. The zero-order valence-electron chi connectivity index (χ0n) is 6.90. The van der Waals surface area contributed by atoms with Gasteiger partial charge in [-0.2, -0.15) is 0 Å². The first-order valence-corrected chi connectivity index (χ1v) is 5.11. The van der Waals surface area contributed by atoms with Gasteiger partial charge in [-0.05, 0) is 24.6 Å². The van der Waals surface area contributed by atoms with Crippen molar-refractivity contribution < 1.29 is 9.18 Å².